The molecule has 2 aromatic carbocycles. The van der Waals surface area contributed by atoms with Crippen LogP contribution in [-0.2, 0) is 16.0 Å². The molecule has 184 valence electrons. The fraction of sp³-hybridized carbons (Fsp3) is 0.345. The molecule has 3 aromatic rings. The Kier molecular flexibility index (Phi) is 5.83. The molecule has 0 radical (unpaired) electrons. The third kappa shape index (κ3) is 4.08. The minimum Gasteiger partial charge on any atom is -0.454 e. The predicted octanol–water partition coefficient (Wildman–Crippen LogP) is 5.01. The Morgan fingerprint density at radius 3 is 2.69 bits per heavy atom. The van der Waals surface area contributed by atoms with Crippen LogP contribution in [-0.4, -0.2) is 47.7 Å². The molecule has 1 saturated heterocycles. The van der Waals surface area contributed by atoms with Crippen LogP contribution in [0.25, 0.3) is 22.6 Å². The summed E-state index contributed by atoms with van der Waals surface area (Å²) in [4.78, 5) is 33.2. The highest BCUT2D eigenvalue weighted by Crippen LogP contribution is 2.38. The van der Waals surface area contributed by atoms with Crippen LogP contribution in [0.15, 0.2) is 42.5 Å². The highest BCUT2D eigenvalue weighted by Gasteiger charge is 2.30. The van der Waals surface area contributed by atoms with Crippen molar-refractivity contribution in [1.82, 2.24) is 9.88 Å². The van der Waals surface area contributed by atoms with Crippen LogP contribution in [0.4, 0.5) is 0 Å². The van der Waals surface area contributed by atoms with E-state index in [1.165, 1.54) is 0 Å². The summed E-state index contributed by atoms with van der Waals surface area (Å²) in [7, 11) is 0. The number of para-hydroxylation sites is 1. The van der Waals surface area contributed by atoms with Gasteiger partial charge in [-0.25, -0.2) is 9.78 Å². The largest absolute Gasteiger partial charge is 0.454 e. The lowest BCUT2D eigenvalue weighted by Crippen LogP contribution is -2.38. The number of hydrogen-bond acceptors (Lipinski definition) is 6. The molecule has 3 heterocycles. The summed E-state index contributed by atoms with van der Waals surface area (Å²) in [5.74, 6) is 0.881. The van der Waals surface area contributed by atoms with Crippen molar-refractivity contribution in [3.8, 4) is 11.5 Å². The quantitative estimate of drug-likeness (QED) is 0.485. The fourth-order valence-electron chi connectivity index (χ4n) is 5.38. The average molecular weight is 485 g/mol. The molecule has 1 aromatic heterocycles. The molecule has 1 atom stereocenters. The van der Waals surface area contributed by atoms with Gasteiger partial charge in [0.25, 0.3) is 5.91 Å². The molecule has 6 rings (SSSR count). The number of fused-ring (bicyclic) bond motifs is 3. The van der Waals surface area contributed by atoms with E-state index in [4.69, 9.17) is 19.2 Å². The lowest BCUT2D eigenvalue weighted by atomic mass is 9.86. The minimum absolute atomic E-state index is 0.128. The monoisotopic (exact) mass is 484 g/mol. The molecule has 1 amide bonds. The van der Waals surface area contributed by atoms with Crippen molar-refractivity contribution in [2.75, 3.05) is 19.9 Å². The topological polar surface area (TPSA) is 78.0 Å². The highest BCUT2D eigenvalue weighted by molar-refractivity contribution is 6.07. The van der Waals surface area contributed by atoms with E-state index in [-0.39, 0.29) is 12.7 Å². The zero-order chi connectivity index (χ0) is 24.6. The van der Waals surface area contributed by atoms with Crippen LogP contribution >= 0.6 is 0 Å². The molecule has 0 bridgehead atoms. The van der Waals surface area contributed by atoms with Crippen molar-refractivity contribution in [1.29, 1.82) is 0 Å². The molecule has 1 aliphatic carbocycles. The van der Waals surface area contributed by atoms with E-state index in [2.05, 4.69) is 6.08 Å². The van der Waals surface area contributed by atoms with Crippen molar-refractivity contribution in [2.24, 2.45) is 0 Å². The van der Waals surface area contributed by atoms with E-state index in [1.807, 2.05) is 42.5 Å². The van der Waals surface area contributed by atoms with Crippen LogP contribution in [0.3, 0.4) is 0 Å². The standard InChI is InChI=1S/C29H28N2O5/c1-18(28(32)31-13-4-5-14-31)36-29(33)26-21-8-2-3-10-23(21)30-27-20(7-6-9-22(26)27)15-19-11-12-24-25(16-19)35-17-34-24/h2-3,8,10-12,15-16,18H,4-7,9,13-14,17H2,1H3/b20-15+/t18-/m1/s1. The van der Waals surface area contributed by atoms with Gasteiger partial charge in [-0.15, -0.1) is 0 Å². The van der Waals surface area contributed by atoms with Crippen LogP contribution in [0.1, 0.15) is 59.8 Å². The molecular weight excluding hydrogens is 456 g/mol. The van der Waals surface area contributed by atoms with Crippen LogP contribution in [0.5, 0.6) is 11.5 Å². The number of hydrogen-bond donors (Lipinski definition) is 0. The molecule has 36 heavy (non-hydrogen) atoms. The number of ether oxygens (including phenoxy) is 3. The summed E-state index contributed by atoms with van der Waals surface area (Å²) in [6, 6.07) is 13.5. The van der Waals surface area contributed by atoms with E-state index in [0.29, 0.717) is 5.56 Å². The normalized spacial score (nSPS) is 18.4. The van der Waals surface area contributed by atoms with Gasteiger partial charge in [-0.05, 0) is 80.0 Å². The molecule has 7 nitrogen and oxygen atoms in total. The minimum atomic E-state index is -0.828. The number of carbonyl (C=O) groups excluding carboxylic acids is 2. The summed E-state index contributed by atoms with van der Waals surface area (Å²) in [6.45, 7) is 3.35. The third-order valence-electron chi connectivity index (χ3n) is 7.16. The molecule has 1 fully saturated rings. The second-order valence-electron chi connectivity index (χ2n) is 9.55. The summed E-state index contributed by atoms with van der Waals surface area (Å²) >= 11 is 0. The SMILES string of the molecule is C[C@@H](OC(=O)c1c2c(nc3ccccc13)/C(=C/c1ccc3c(c1)OCO3)CCC2)C(=O)N1CCCC1. The van der Waals surface area contributed by atoms with Crippen LogP contribution < -0.4 is 9.47 Å². The van der Waals surface area contributed by atoms with E-state index < -0.39 is 12.1 Å². The Morgan fingerprint density at radius 1 is 1.03 bits per heavy atom. The van der Waals surface area contributed by atoms with Crippen molar-refractivity contribution < 1.29 is 23.8 Å². The first kappa shape index (κ1) is 22.6. The van der Waals surface area contributed by atoms with E-state index in [9.17, 15) is 9.59 Å². The Morgan fingerprint density at radius 2 is 1.83 bits per heavy atom. The van der Waals surface area contributed by atoms with Crippen molar-refractivity contribution in [2.45, 2.75) is 45.1 Å². The summed E-state index contributed by atoms with van der Waals surface area (Å²) in [5.41, 5.74) is 5.02. The molecule has 2 aliphatic heterocycles. The third-order valence-corrected chi connectivity index (χ3v) is 7.16. The maximum atomic E-state index is 13.6. The summed E-state index contributed by atoms with van der Waals surface area (Å²) in [6.07, 6.45) is 5.74. The van der Waals surface area contributed by atoms with Gasteiger partial charge >= 0.3 is 5.97 Å². The van der Waals surface area contributed by atoms with E-state index in [1.54, 1.807) is 11.8 Å². The Labute approximate surface area is 209 Å². The summed E-state index contributed by atoms with van der Waals surface area (Å²) in [5, 5.41) is 0.756. The summed E-state index contributed by atoms with van der Waals surface area (Å²) < 4.78 is 16.8. The number of allylic oxidation sites excluding steroid dienone is 1. The van der Waals surface area contributed by atoms with Gasteiger partial charge in [-0.3, -0.25) is 4.79 Å². The number of pyridine rings is 1. The highest BCUT2D eigenvalue weighted by atomic mass is 16.7. The van der Waals surface area contributed by atoms with Gasteiger partial charge in [0, 0.05) is 18.5 Å². The first-order chi connectivity index (χ1) is 17.6. The molecular formula is C29H28N2O5. The van der Waals surface area contributed by atoms with Gasteiger partial charge in [0.15, 0.2) is 17.6 Å². The second kappa shape index (κ2) is 9.30. The van der Waals surface area contributed by atoms with Crippen molar-refractivity contribution in [3.63, 3.8) is 0 Å². The van der Waals surface area contributed by atoms with E-state index >= 15 is 0 Å². The number of rotatable bonds is 4. The van der Waals surface area contributed by atoms with Gasteiger partial charge in [-0.2, -0.15) is 0 Å². The fourth-order valence-corrected chi connectivity index (χ4v) is 5.38. The van der Waals surface area contributed by atoms with Gasteiger partial charge in [-0.1, -0.05) is 24.3 Å². The number of likely N-dealkylation sites (tertiary alicyclic amines) is 1. The predicted molar refractivity (Wildman–Crippen MR) is 136 cm³/mol. The van der Waals surface area contributed by atoms with Gasteiger partial charge in [0.1, 0.15) is 0 Å². The zero-order valence-electron chi connectivity index (χ0n) is 20.3. The van der Waals surface area contributed by atoms with Crippen molar-refractivity contribution in [3.05, 3.63) is 64.8 Å². The van der Waals surface area contributed by atoms with Crippen molar-refractivity contribution >= 4 is 34.4 Å². The molecule has 7 heteroatoms. The number of aromatic nitrogens is 1. The number of benzene rings is 2. The smallest absolute Gasteiger partial charge is 0.339 e. The Hall–Kier alpha value is -3.87. The van der Waals surface area contributed by atoms with Crippen LogP contribution in [0.2, 0.25) is 0 Å². The number of esters is 1. The Balaban J connectivity index is 1.39. The maximum Gasteiger partial charge on any atom is 0.339 e. The molecule has 0 unspecified atom stereocenters. The first-order valence-corrected chi connectivity index (χ1v) is 12.6. The van der Waals surface area contributed by atoms with Gasteiger partial charge in [0.2, 0.25) is 6.79 Å². The molecule has 0 saturated carbocycles. The number of carbonyl (C=O) groups is 2. The first-order valence-electron chi connectivity index (χ1n) is 12.6. The van der Waals surface area contributed by atoms with Gasteiger partial charge < -0.3 is 19.1 Å². The lowest BCUT2D eigenvalue weighted by molar-refractivity contribution is -0.138. The maximum absolute atomic E-state index is 13.6. The Bertz CT molecular complexity index is 1390. The van der Waals surface area contributed by atoms with Crippen LogP contribution in [0, 0.1) is 0 Å². The number of nitrogens with zero attached hydrogens (tertiary/aromatic N) is 2. The molecule has 0 N–H and O–H groups in total. The molecule has 0 spiro atoms. The lowest BCUT2D eigenvalue weighted by Gasteiger charge is -2.24. The molecule has 3 aliphatic rings. The van der Waals surface area contributed by atoms with E-state index in [0.717, 1.165) is 90.0 Å². The zero-order valence-corrected chi connectivity index (χ0v) is 20.3. The second-order valence-corrected chi connectivity index (χ2v) is 9.55. The van der Waals surface area contributed by atoms with Gasteiger partial charge in [0.05, 0.1) is 16.8 Å². The average Bonchev–Trinajstić information content (AvgIpc) is 3.59. The number of amides is 1.